The number of rotatable bonds is 6. The minimum atomic E-state index is -4.38. The summed E-state index contributed by atoms with van der Waals surface area (Å²) in [5, 5.41) is 4.24. The van der Waals surface area contributed by atoms with E-state index in [2.05, 4.69) is 10.1 Å². The van der Waals surface area contributed by atoms with Gasteiger partial charge in [-0.3, -0.25) is 0 Å². The summed E-state index contributed by atoms with van der Waals surface area (Å²) in [5.74, 6) is 0. The first kappa shape index (κ1) is 20.2. The van der Waals surface area contributed by atoms with Crippen molar-refractivity contribution in [3.05, 3.63) is 90.0 Å². The SMILES string of the molecule is FC(F)(F)c1ccc(C2=NOC(COCc3ccccc3)CC2n2ccnc2)cc1. The van der Waals surface area contributed by atoms with Crippen molar-refractivity contribution in [2.75, 3.05) is 6.61 Å². The monoisotopic (exact) mass is 415 g/mol. The fourth-order valence-corrected chi connectivity index (χ4v) is 3.37. The van der Waals surface area contributed by atoms with E-state index in [1.54, 1.807) is 18.7 Å². The van der Waals surface area contributed by atoms with Gasteiger partial charge in [0.25, 0.3) is 0 Å². The summed E-state index contributed by atoms with van der Waals surface area (Å²) in [5.41, 5.74) is 1.50. The van der Waals surface area contributed by atoms with Crippen molar-refractivity contribution in [1.82, 2.24) is 9.55 Å². The lowest BCUT2D eigenvalue weighted by Gasteiger charge is -2.29. The molecule has 0 fully saturated rings. The molecular weight excluding hydrogens is 395 g/mol. The van der Waals surface area contributed by atoms with Crippen molar-refractivity contribution in [3.63, 3.8) is 0 Å². The molecule has 1 aliphatic rings. The highest BCUT2D eigenvalue weighted by Gasteiger charge is 2.32. The Labute approximate surface area is 171 Å². The molecule has 0 bridgehead atoms. The lowest BCUT2D eigenvalue weighted by Crippen LogP contribution is -2.33. The molecule has 30 heavy (non-hydrogen) atoms. The zero-order valence-electron chi connectivity index (χ0n) is 16.0. The fourth-order valence-electron chi connectivity index (χ4n) is 3.37. The average molecular weight is 415 g/mol. The third-order valence-electron chi connectivity index (χ3n) is 4.91. The van der Waals surface area contributed by atoms with E-state index in [1.807, 2.05) is 34.9 Å². The first-order chi connectivity index (χ1) is 14.5. The third-order valence-corrected chi connectivity index (χ3v) is 4.91. The summed E-state index contributed by atoms with van der Waals surface area (Å²) in [4.78, 5) is 9.70. The van der Waals surface area contributed by atoms with Crippen LogP contribution in [0.1, 0.15) is 29.2 Å². The second kappa shape index (κ2) is 8.71. The summed E-state index contributed by atoms with van der Waals surface area (Å²) < 4.78 is 46.3. The third kappa shape index (κ3) is 4.71. The van der Waals surface area contributed by atoms with Crippen molar-refractivity contribution in [1.29, 1.82) is 0 Å². The van der Waals surface area contributed by atoms with Crippen LogP contribution in [0, 0.1) is 0 Å². The number of benzene rings is 2. The zero-order chi connectivity index (χ0) is 21.0. The van der Waals surface area contributed by atoms with Crippen molar-refractivity contribution >= 4 is 5.71 Å². The van der Waals surface area contributed by atoms with Gasteiger partial charge in [0.05, 0.1) is 31.1 Å². The summed E-state index contributed by atoms with van der Waals surface area (Å²) >= 11 is 0. The number of ether oxygens (including phenoxy) is 1. The predicted molar refractivity (Wildman–Crippen MR) is 105 cm³/mol. The molecule has 4 rings (SSSR count). The standard InChI is InChI=1S/C22H20F3N3O2/c23-22(24,25)18-8-6-17(7-9-18)21-20(28-11-10-26-15-28)12-19(30-27-21)14-29-13-16-4-2-1-3-5-16/h1-11,15,19-20H,12-14H2. The second-order valence-corrected chi connectivity index (χ2v) is 7.04. The van der Waals surface area contributed by atoms with Gasteiger partial charge in [-0.25, -0.2) is 4.98 Å². The van der Waals surface area contributed by atoms with E-state index in [1.165, 1.54) is 12.1 Å². The minimum absolute atomic E-state index is 0.219. The molecule has 3 aromatic rings. The Morgan fingerprint density at radius 1 is 1.07 bits per heavy atom. The van der Waals surface area contributed by atoms with Gasteiger partial charge in [-0.15, -0.1) is 0 Å². The summed E-state index contributed by atoms with van der Waals surface area (Å²) in [6.07, 6.45) is 1.02. The lowest BCUT2D eigenvalue weighted by molar-refractivity contribution is -0.137. The van der Waals surface area contributed by atoms with Crippen LogP contribution in [0.25, 0.3) is 0 Å². The predicted octanol–water partition coefficient (Wildman–Crippen LogP) is 4.85. The second-order valence-electron chi connectivity index (χ2n) is 7.04. The fraction of sp³-hybridized carbons (Fsp3) is 0.273. The van der Waals surface area contributed by atoms with Crippen LogP contribution in [0.3, 0.4) is 0 Å². The number of oxime groups is 1. The number of halogens is 3. The Morgan fingerprint density at radius 2 is 1.83 bits per heavy atom. The van der Waals surface area contributed by atoms with Crippen molar-refractivity contribution in [2.24, 2.45) is 5.16 Å². The van der Waals surface area contributed by atoms with Gasteiger partial charge < -0.3 is 14.1 Å². The minimum Gasteiger partial charge on any atom is -0.390 e. The molecule has 0 radical (unpaired) electrons. The van der Waals surface area contributed by atoms with Crippen molar-refractivity contribution in [3.8, 4) is 0 Å². The molecule has 0 saturated carbocycles. The van der Waals surface area contributed by atoms with Crippen LogP contribution >= 0.6 is 0 Å². The van der Waals surface area contributed by atoms with Crippen LogP contribution in [-0.2, 0) is 22.4 Å². The van der Waals surface area contributed by atoms with Crippen LogP contribution < -0.4 is 0 Å². The molecule has 2 unspecified atom stereocenters. The highest BCUT2D eigenvalue weighted by molar-refractivity contribution is 6.03. The van der Waals surface area contributed by atoms with Gasteiger partial charge in [0.2, 0.25) is 0 Å². The molecule has 0 spiro atoms. The van der Waals surface area contributed by atoms with Gasteiger partial charge in [0, 0.05) is 24.4 Å². The Hall–Kier alpha value is -3.13. The summed E-state index contributed by atoms with van der Waals surface area (Å²) in [6.45, 7) is 0.815. The van der Waals surface area contributed by atoms with Crippen LogP contribution in [0.4, 0.5) is 13.2 Å². The normalized spacial score (nSPS) is 19.2. The number of aromatic nitrogens is 2. The van der Waals surface area contributed by atoms with E-state index in [4.69, 9.17) is 9.57 Å². The molecule has 0 saturated heterocycles. The largest absolute Gasteiger partial charge is 0.416 e. The van der Waals surface area contributed by atoms with E-state index >= 15 is 0 Å². The van der Waals surface area contributed by atoms with E-state index < -0.39 is 11.7 Å². The molecule has 8 heteroatoms. The van der Waals surface area contributed by atoms with E-state index in [9.17, 15) is 13.2 Å². The van der Waals surface area contributed by atoms with E-state index in [0.29, 0.717) is 30.9 Å². The van der Waals surface area contributed by atoms with Crippen LogP contribution in [0.5, 0.6) is 0 Å². The highest BCUT2D eigenvalue weighted by atomic mass is 19.4. The molecule has 156 valence electrons. The molecule has 5 nitrogen and oxygen atoms in total. The highest BCUT2D eigenvalue weighted by Crippen LogP contribution is 2.31. The van der Waals surface area contributed by atoms with Crippen LogP contribution in [-0.4, -0.2) is 28.0 Å². The van der Waals surface area contributed by atoms with E-state index in [0.717, 1.165) is 17.7 Å². The van der Waals surface area contributed by atoms with Crippen molar-refractivity contribution in [2.45, 2.75) is 31.3 Å². The molecule has 1 aromatic heterocycles. The number of imidazole rings is 1. The number of hydrogen-bond acceptors (Lipinski definition) is 4. The summed E-state index contributed by atoms with van der Waals surface area (Å²) in [7, 11) is 0. The quantitative estimate of drug-likeness (QED) is 0.578. The molecule has 2 heterocycles. The number of hydrogen-bond donors (Lipinski definition) is 0. The van der Waals surface area contributed by atoms with Gasteiger partial charge >= 0.3 is 6.18 Å². The number of nitrogens with zero attached hydrogens (tertiary/aromatic N) is 3. The summed E-state index contributed by atoms with van der Waals surface area (Å²) in [6, 6.07) is 14.5. The molecule has 2 aromatic carbocycles. The maximum Gasteiger partial charge on any atom is 0.416 e. The molecule has 1 aliphatic heterocycles. The Kier molecular flexibility index (Phi) is 5.85. The smallest absolute Gasteiger partial charge is 0.390 e. The van der Waals surface area contributed by atoms with Gasteiger partial charge in [-0.05, 0) is 17.7 Å². The first-order valence-corrected chi connectivity index (χ1v) is 9.51. The topological polar surface area (TPSA) is 48.6 Å². The van der Waals surface area contributed by atoms with Crippen molar-refractivity contribution < 1.29 is 22.7 Å². The molecule has 0 N–H and O–H groups in total. The van der Waals surface area contributed by atoms with Gasteiger partial charge in [-0.1, -0.05) is 47.6 Å². The van der Waals surface area contributed by atoms with Gasteiger partial charge in [0.15, 0.2) is 6.10 Å². The lowest BCUT2D eigenvalue weighted by atomic mass is 9.96. The zero-order valence-corrected chi connectivity index (χ0v) is 16.0. The van der Waals surface area contributed by atoms with Crippen LogP contribution in [0.15, 0.2) is 78.5 Å². The molecule has 2 atom stereocenters. The van der Waals surface area contributed by atoms with Gasteiger partial charge in [0.1, 0.15) is 5.71 Å². The van der Waals surface area contributed by atoms with E-state index in [-0.39, 0.29) is 12.1 Å². The Balaban J connectivity index is 1.49. The number of alkyl halides is 3. The molecule has 0 amide bonds. The average Bonchev–Trinajstić information content (AvgIpc) is 3.29. The Bertz CT molecular complexity index is 971. The molecular formula is C22H20F3N3O2. The first-order valence-electron chi connectivity index (χ1n) is 9.51. The van der Waals surface area contributed by atoms with Crippen LogP contribution in [0.2, 0.25) is 0 Å². The maximum absolute atomic E-state index is 12.9. The van der Waals surface area contributed by atoms with Gasteiger partial charge in [-0.2, -0.15) is 13.2 Å². The Morgan fingerprint density at radius 3 is 2.50 bits per heavy atom. The molecule has 0 aliphatic carbocycles. The maximum atomic E-state index is 12.9.